The van der Waals surface area contributed by atoms with E-state index in [0.29, 0.717) is 6.04 Å². The van der Waals surface area contributed by atoms with Gasteiger partial charge in [-0.15, -0.1) is 12.4 Å². The molecule has 1 atom stereocenters. The minimum Gasteiger partial charge on any atom is -0.316 e. The minimum atomic E-state index is -0.00929. The predicted octanol–water partition coefficient (Wildman–Crippen LogP) is 0.910. The van der Waals surface area contributed by atoms with Crippen LogP contribution in [-0.4, -0.2) is 40.5 Å². The molecule has 0 spiro atoms. The van der Waals surface area contributed by atoms with Crippen LogP contribution in [0.1, 0.15) is 12.1 Å². The third-order valence-corrected chi connectivity index (χ3v) is 3.69. The molecule has 0 aliphatic carbocycles. The zero-order chi connectivity index (χ0) is 13.2. The fourth-order valence-electron chi connectivity index (χ4n) is 2.63. The van der Waals surface area contributed by atoms with Gasteiger partial charge in [-0.1, -0.05) is 6.07 Å². The molecular weight excluding hydrogens is 276 g/mol. The molecule has 1 aliphatic heterocycles. The number of likely N-dealkylation sites (tertiary alicyclic amines) is 1. The summed E-state index contributed by atoms with van der Waals surface area (Å²) < 4.78 is 1.57. The van der Waals surface area contributed by atoms with E-state index in [1.54, 1.807) is 16.7 Å². The molecule has 0 saturated carbocycles. The Labute approximate surface area is 124 Å². The van der Waals surface area contributed by atoms with Crippen molar-refractivity contribution < 1.29 is 0 Å². The van der Waals surface area contributed by atoms with Crippen LogP contribution in [-0.2, 0) is 6.54 Å². The molecular formula is C14H19ClN4O. The third kappa shape index (κ3) is 3.00. The van der Waals surface area contributed by atoms with Crippen LogP contribution in [0.5, 0.6) is 0 Å². The summed E-state index contributed by atoms with van der Waals surface area (Å²) in [6.07, 6.45) is 2.91. The van der Waals surface area contributed by atoms with Crippen LogP contribution < -0.4 is 10.9 Å². The van der Waals surface area contributed by atoms with Gasteiger partial charge in [-0.3, -0.25) is 14.1 Å². The average molecular weight is 295 g/mol. The molecule has 20 heavy (non-hydrogen) atoms. The molecule has 3 rings (SSSR count). The van der Waals surface area contributed by atoms with Crippen LogP contribution in [0.25, 0.3) is 5.65 Å². The van der Waals surface area contributed by atoms with E-state index < -0.39 is 0 Å². The number of likely N-dealkylation sites (N-methyl/N-ethyl adjacent to an activating group) is 1. The summed E-state index contributed by atoms with van der Waals surface area (Å²) in [5.41, 5.74) is 1.56. The Morgan fingerprint density at radius 3 is 3.05 bits per heavy atom. The zero-order valence-corrected chi connectivity index (χ0v) is 12.3. The first-order valence-electron chi connectivity index (χ1n) is 6.63. The molecule has 2 aromatic rings. The highest BCUT2D eigenvalue weighted by Gasteiger charge is 2.21. The molecule has 1 fully saturated rings. The van der Waals surface area contributed by atoms with Crippen LogP contribution in [0.15, 0.2) is 35.3 Å². The molecule has 0 radical (unpaired) electrons. The normalized spacial score (nSPS) is 19.1. The van der Waals surface area contributed by atoms with Gasteiger partial charge in [-0.05, 0) is 25.6 Å². The van der Waals surface area contributed by atoms with E-state index in [2.05, 4.69) is 15.2 Å². The van der Waals surface area contributed by atoms with E-state index in [1.165, 1.54) is 0 Å². The molecule has 6 heteroatoms. The molecule has 108 valence electrons. The number of hydrogen-bond donors (Lipinski definition) is 1. The van der Waals surface area contributed by atoms with Gasteiger partial charge in [0.05, 0.1) is 5.69 Å². The quantitative estimate of drug-likeness (QED) is 0.914. The van der Waals surface area contributed by atoms with Crippen molar-refractivity contribution in [1.82, 2.24) is 19.6 Å². The summed E-state index contributed by atoms with van der Waals surface area (Å²) in [6, 6.07) is 7.80. The smallest absolute Gasteiger partial charge is 0.258 e. The fraction of sp³-hybridized carbons (Fsp3) is 0.429. The monoisotopic (exact) mass is 294 g/mol. The summed E-state index contributed by atoms with van der Waals surface area (Å²) >= 11 is 0. The van der Waals surface area contributed by atoms with Crippen molar-refractivity contribution in [2.24, 2.45) is 0 Å². The maximum Gasteiger partial charge on any atom is 0.258 e. The van der Waals surface area contributed by atoms with Gasteiger partial charge in [-0.25, -0.2) is 4.98 Å². The van der Waals surface area contributed by atoms with E-state index in [0.717, 1.165) is 37.4 Å². The lowest BCUT2D eigenvalue weighted by atomic mass is 10.3. The fourth-order valence-corrected chi connectivity index (χ4v) is 2.63. The van der Waals surface area contributed by atoms with Crippen molar-refractivity contribution in [2.75, 3.05) is 20.1 Å². The van der Waals surface area contributed by atoms with Gasteiger partial charge in [0.15, 0.2) is 0 Å². The first-order valence-corrected chi connectivity index (χ1v) is 6.63. The SMILES string of the molecule is CNC1CCN(Cc2cc(=O)n3ccccc3n2)C1.Cl. The van der Waals surface area contributed by atoms with Crippen LogP contribution in [0.3, 0.4) is 0 Å². The summed E-state index contributed by atoms with van der Waals surface area (Å²) in [4.78, 5) is 18.9. The lowest BCUT2D eigenvalue weighted by Gasteiger charge is -2.15. The predicted molar refractivity (Wildman–Crippen MR) is 81.5 cm³/mol. The van der Waals surface area contributed by atoms with Crippen molar-refractivity contribution in [2.45, 2.75) is 19.0 Å². The Hall–Kier alpha value is -1.43. The van der Waals surface area contributed by atoms with Crippen molar-refractivity contribution in [3.8, 4) is 0 Å². The van der Waals surface area contributed by atoms with Crippen molar-refractivity contribution >= 4 is 18.1 Å². The van der Waals surface area contributed by atoms with E-state index in [4.69, 9.17) is 0 Å². The Balaban J connectivity index is 0.00000147. The number of pyridine rings is 1. The second kappa shape index (κ2) is 6.35. The summed E-state index contributed by atoms with van der Waals surface area (Å²) in [7, 11) is 1.99. The van der Waals surface area contributed by atoms with Crippen molar-refractivity contribution in [1.29, 1.82) is 0 Å². The maximum atomic E-state index is 12.0. The maximum absolute atomic E-state index is 12.0. The second-order valence-corrected chi connectivity index (χ2v) is 5.02. The van der Waals surface area contributed by atoms with E-state index in [1.807, 2.05) is 25.2 Å². The van der Waals surface area contributed by atoms with Gasteiger partial charge in [-0.2, -0.15) is 0 Å². The topological polar surface area (TPSA) is 49.6 Å². The number of fused-ring (bicyclic) bond motifs is 1. The Morgan fingerprint density at radius 2 is 2.30 bits per heavy atom. The largest absolute Gasteiger partial charge is 0.316 e. The highest BCUT2D eigenvalue weighted by molar-refractivity contribution is 5.85. The van der Waals surface area contributed by atoms with Gasteiger partial charge in [0.2, 0.25) is 0 Å². The molecule has 0 aromatic carbocycles. The number of aromatic nitrogens is 2. The second-order valence-electron chi connectivity index (χ2n) is 5.02. The number of nitrogens with one attached hydrogen (secondary N) is 1. The molecule has 1 aliphatic rings. The lowest BCUT2D eigenvalue weighted by Crippen LogP contribution is -2.30. The van der Waals surface area contributed by atoms with Crippen LogP contribution in [0.4, 0.5) is 0 Å². The van der Waals surface area contributed by atoms with Crippen LogP contribution in [0, 0.1) is 0 Å². The Kier molecular flexibility index (Phi) is 4.75. The van der Waals surface area contributed by atoms with E-state index in [-0.39, 0.29) is 18.0 Å². The molecule has 1 N–H and O–H groups in total. The molecule has 1 saturated heterocycles. The number of rotatable bonds is 3. The number of halogens is 1. The summed E-state index contributed by atoms with van der Waals surface area (Å²) in [5, 5.41) is 3.29. The van der Waals surface area contributed by atoms with Gasteiger partial charge in [0.1, 0.15) is 5.65 Å². The van der Waals surface area contributed by atoms with Gasteiger partial charge < -0.3 is 5.32 Å². The first kappa shape index (κ1) is 15.0. The van der Waals surface area contributed by atoms with Gasteiger partial charge in [0.25, 0.3) is 5.56 Å². The highest BCUT2D eigenvalue weighted by atomic mass is 35.5. The summed E-state index contributed by atoms with van der Waals surface area (Å²) in [6.45, 7) is 2.83. The molecule has 0 amide bonds. The molecule has 5 nitrogen and oxygen atoms in total. The van der Waals surface area contributed by atoms with Crippen molar-refractivity contribution in [3.05, 3.63) is 46.5 Å². The zero-order valence-electron chi connectivity index (χ0n) is 11.5. The molecule has 0 bridgehead atoms. The van der Waals surface area contributed by atoms with E-state index in [9.17, 15) is 4.79 Å². The lowest BCUT2D eigenvalue weighted by molar-refractivity contribution is 0.318. The van der Waals surface area contributed by atoms with Crippen molar-refractivity contribution in [3.63, 3.8) is 0 Å². The number of nitrogens with zero attached hydrogens (tertiary/aromatic N) is 3. The summed E-state index contributed by atoms with van der Waals surface area (Å²) in [5.74, 6) is 0. The highest BCUT2D eigenvalue weighted by Crippen LogP contribution is 2.11. The molecule has 1 unspecified atom stereocenters. The standard InChI is InChI=1S/C14H18N4O.ClH/c1-15-11-5-7-17(9-11)10-12-8-14(19)18-6-3-2-4-13(18)16-12;/h2-4,6,8,11,15H,5,7,9-10H2,1H3;1H. The third-order valence-electron chi connectivity index (χ3n) is 3.69. The average Bonchev–Trinajstić information content (AvgIpc) is 2.86. The Bertz CT molecular complexity index is 642. The minimum absolute atomic E-state index is 0. The first-order chi connectivity index (χ1) is 9.26. The van der Waals surface area contributed by atoms with Crippen LogP contribution in [0.2, 0.25) is 0 Å². The molecule has 3 heterocycles. The Morgan fingerprint density at radius 1 is 1.45 bits per heavy atom. The van der Waals surface area contributed by atoms with Crippen LogP contribution >= 0.6 is 12.4 Å². The molecule has 2 aromatic heterocycles. The number of hydrogen-bond acceptors (Lipinski definition) is 4. The van der Waals surface area contributed by atoms with Gasteiger partial charge >= 0.3 is 0 Å². The van der Waals surface area contributed by atoms with Gasteiger partial charge in [0, 0.05) is 37.9 Å². The van der Waals surface area contributed by atoms with E-state index >= 15 is 0 Å².